The summed E-state index contributed by atoms with van der Waals surface area (Å²) in [4.78, 5) is 38.2. The van der Waals surface area contributed by atoms with Crippen LogP contribution in [0.2, 0.25) is 0 Å². The van der Waals surface area contributed by atoms with Gasteiger partial charge in [-0.3, -0.25) is 10.0 Å². The number of carbonyl (C=O) groups is 1. The zero-order valence-corrected chi connectivity index (χ0v) is 23.0. The van der Waals surface area contributed by atoms with Crippen molar-refractivity contribution in [3.63, 3.8) is 0 Å². The molecular formula is C24H28N10O6S. The highest BCUT2D eigenvalue weighted by Gasteiger charge is 2.24. The molecule has 16 nitrogen and oxygen atoms in total. The number of nitrogens with zero attached hydrogens (tertiary/aromatic N) is 8. The number of hydroxylamine groups is 1. The van der Waals surface area contributed by atoms with Gasteiger partial charge >= 0.3 is 0 Å². The van der Waals surface area contributed by atoms with Crippen LogP contribution < -0.4 is 20.0 Å². The Bertz CT molecular complexity index is 1670. The summed E-state index contributed by atoms with van der Waals surface area (Å²) in [5.74, 6) is 1.15. The first-order valence-electron chi connectivity index (χ1n) is 12.5. The molecule has 0 atom stereocenters. The maximum absolute atomic E-state index is 12.5. The standard InChI is InChI=1S/C24H28N10O6S/c1-32(24-25-11-16(12-26-24)23(36)31-37)13-18-28-19-21(33(18)2)29-20(30-22(19)34-6-8-40-9-7-34)15-4-3-5-17(10-15)41(38,39)27-14-35/h3-5,10-12,27,35,37H,6-9,13-14H2,1-2H3,(H,31,36). The van der Waals surface area contributed by atoms with E-state index in [-0.39, 0.29) is 17.0 Å². The van der Waals surface area contributed by atoms with Gasteiger partial charge in [-0.2, -0.15) is 4.72 Å². The smallest absolute Gasteiger partial charge is 0.277 e. The van der Waals surface area contributed by atoms with E-state index in [9.17, 15) is 13.2 Å². The van der Waals surface area contributed by atoms with Crippen LogP contribution in [-0.4, -0.2) is 94.2 Å². The number of aliphatic hydroxyl groups is 1. The molecule has 1 fully saturated rings. The Kier molecular flexibility index (Phi) is 8.04. The lowest BCUT2D eigenvalue weighted by molar-refractivity contribution is 0.0705. The van der Waals surface area contributed by atoms with Gasteiger partial charge in [0.05, 0.1) is 30.2 Å². The van der Waals surface area contributed by atoms with Gasteiger partial charge in [0, 0.05) is 45.1 Å². The van der Waals surface area contributed by atoms with Crippen LogP contribution >= 0.6 is 0 Å². The Morgan fingerprint density at radius 1 is 1.15 bits per heavy atom. The molecule has 0 spiro atoms. The van der Waals surface area contributed by atoms with E-state index < -0.39 is 22.7 Å². The highest BCUT2D eigenvalue weighted by atomic mass is 32.2. The van der Waals surface area contributed by atoms with Crippen LogP contribution in [-0.2, 0) is 28.4 Å². The Labute approximate surface area is 234 Å². The highest BCUT2D eigenvalue weighted by Crippen LogP contribution is 2.29. The molecule has 0 saturated carbocycles. The first-order valence-corrected chi connectivity index (χ1v) is 13.9. The van der Waals surface area contributed by atoms with E-state index in [1.54, 1.807) is 29.6 Å². The van der Waals surface area contributed by atoms with Crippen LogP contribution in [0.25, 0.3) is 22.6 Å². The second kappa shape index (κ2) is 11.7. The fraction of sp³-hybridized carbons (Fsp3) is 0.333. The van der Waals surface area contributed by atoms with E-state index in [0.29, 0.717) is 66.4 Å². The molecule has 1 aliphatic rings. The molecule has 5 rings (SSSR count). The summed E-state index contributed by atoms with van der Waals surface area (Å²) in [5.41, 5.74) is 3.24. The fourth-order valence-corrected chi connectivity index (χ4v) is 5.19. The molecule has 1 aliphatic heterocycles. The third kappa shape index (κ3) is 5.79. The van der Waals surface area contributed by atoms with Gasteiger partial charge in [-0.05, 0) is 12.1 Å². The molecule has 1 saturated heterocycles. The topological polar surface area (TPSA) is 201 Å². The number of ether oxygens (including phenoxy) is 1. The summed E-state index contributed by atoms with van der Waals surface area (Å²) in [5, 5.41) is 17.9. The van der Waals surface area contributed by atoms with Gasteiger partial charge in [-0.15, -0.1) is 0 Å². The Balaban J connectivity index is 1.55. The number of carbonyl (C=O) groups excluding carboxylic acids is 1. The first kappa shape index (κ1) is 28.2. The lowest BCUT2D eigenvalue weighted by Gasteiger charge is -2.28. The molecule has 4 aromatic rings. The molecule has 4 heterocycles. The summed E-state index contributed by atoms with van der Waals surface area (Å²) in [7, 11) is -0.329. The monoisotopic (exact) mass is 584 g/mol. The summed E-state index contributed by atoms with van der Waals surface area (Å²) >= 11 is 0. The van der Waals surface area contributed by atoms with Crippen molar-refractivity contribution in [3.05, 3.63) is 48.0 Å². The fourth-order valence-electron chi connectivity index (χ4n) is 4.31. The quantitative estimate of drug-likeness (QED) is 0.113. The number of morpholine rings is 1. The second-order valence-electron chi connectivity index (χ2n) is 9.13. The van der Waals surface area contributed by atoms with Crippen molar-refractivity contribution in [2.24, 2.45) is 7.05 Å². The minimum atomic E-state index is -3.92. The highest BCUT2D eigenvalue weighted by molar-refractivity contribution is 7.89. The molecule has 1 amide bonds. The molecule has 41 heavy (non-hydrogen) atoms. The van der Waals surface area contributed by atoms with E-state index in [2.05, 4.69) is 19.6 Å². The average molecular weight is 585 g/mol. The SMILES string of the molecule is CN(Cc1nc2c(N3CCOCC3)nc(-c3cccc(S(=O)(=O)NCO)c3)nc2n1C)c1ncc(C(=O)NO)cn1. The van der Waals surface area contributed by atoms with Gasteiger partial charge < -0.3 is 24.2 Å². The molecule has 216 valence electrons. The number of amides is 1. The van der Waals surface area contributed by atoms with Gasteiger partial charge in [-0.1, -0.05) is 12.1 Å². The Morgan fingerprint density at radius 2 is 1.88 bits per heavy atom. The van der Waals surface area contributed by atoms with E-state index in [1.165, 1.54) is 24.5 Å². The molecule has 0 bridgehead atoms. The minimum Gasteiger partial charge on any atom is -0.380 e. The predicted molar refractivity (Wildman–Crippen MR) is 146 cm³/mol. The van der Waals surface area contributed by atoms with Crippen LogP contribution in [0.15, 0.2) is 41.6 Å². The minimum absolute atomic E-state index is 0.0320. The summed E-state index contributed by atoms with van der Waals surface area (Å²) in [6, 6.07) is 6.17. The number of hydrogen-bond donors (Lipinski definition) is 4. The van der Waals surface area contributed by atoms with Gasteiger partial charge in [0.1, 0.15) is 12.6 Å². The van der Waals surface area contributed by atoms with Gasteiger partial charge in [0.25, 0.3) is 5.91 Å². The van der Waals surface area contributed by atoms with Crippen molar-refractivity contribution in [2.75, 3.05) is 49.9 Å². The molecule has 0 radical (unpaired) electrons. The maximum atomic E-state index is 12.5. The van der Waals surface area contributed by atoms with Crippen molar-refractivity contribution in [2.45, 2.75) is 11.4 Å². The summed E-state index contributed by atoms with van der Waals surface area (Å²) in [6.45, 7) is 1.78. The van der Waals surface area contributed by atoms with E-state index in [4.69, 9.17) is 30.0 Å². The number of fused-ring (bicyclic) bond motifs is 1. The Hall–Kier alpha value is -4.29. The molecule has 3 aromatic heterocycles. The number of anilines is 2. The lowest BCUT2D eigenvalue weighted by Crippen LogP contribution is -2.37. The number of benzene rings is 1. The molecule has 17 heteroatoms. The van der Waals surface area contributed by atoms with E-state index in [0.717, 1.165) is 0 Å². The van der Waals surface area contributed by atoms with Crippen molar-refractivity contribution >= 4 is 38.9 Å². The summed E-state index contributed by atoms with van der Waals surface area (Å²) < 4.78 is 34.4. The second-order valence-corrected chi connectivity index (χ2v) is 10.9. The van der Waals surface area contributed by atoms with Gasteiger partial charge in [0.15, 0.2) is 22.8 Å². The third-order valence-corrected chi connectivity index (χ3v) is 7.87. The van der Waals surface area contributed by atoms with Gasteiger partial charge in [-0.25, -0.2) is 38.8 Å². The number of aryl methyl sites for hydroxylation is 1. The van der Waals surface area contributed by atoms with Crippen LogP contribution in [0.3, 0.4) is 0 Å². The van der Waals surface area contributed by atoms with E-state index >= 15 is 0 Å². The number of aromatic nitrogens is 6. The van der Waals surface area contributed by atoms with Crippen LogP contribution in [0.1, 0.15) is 16.2 Å². The van der Waals surface area contributed by atoms with Crippen LogP contribution in [0.5, 0.6) is 0 Å². The zero-order chi connectivity index (χ0) is 29.1. The number of sulfonamides is 1. The summed E-state index contributed by atoms with van der Waals surface area (Å²) in [6.07, 6.45) is 2.61. The molecule has 0 unspecified atom stereocenters. The molecular weight excluding hydrogens is 556 g/mol. The van der Waals surface area contributed by atoms with Gasteiger partial charge in [0.2, 0.25) is 16.0 Å². The predicted octanol–water partition coefficient (Wildman–Crippen LogP) is -0.360. The van der Waals surface area contributed by atoms with Crippen molar-refractivity contribution in [1.29, 1.82) is 0 Å². The zero-order valence-electron chi connectivity index (χ0n) is 22.2. The van der Waals surface area contributed by atoms with Crippen LogP contribution in [0.4, 0.5) is 11.8 Å². The number of hydrogen-bond acceptors (Lipinski definition) is 13. The molecule has 1 aromatic carbocycles. The normalized spacial score (nSPS) is 13.9. The number of imidazole rings is 1. The number of rotatable bonds is 9. The largest absolute Gasteiger partial charge is 0.380 e. The lowest BCUT2D eigenvalue weighted by atomic mass is 10.2. The van der Waals surface area contributed by atoms with E-state index in [1.807, 2.05) is 11.6 Å². The maximum Gasteiger partial charge on any atom is 0.277 e. The van der Waals surface area contributed by atoms with Crippen molar-refractivity contribution in [1.82, 2.24) is 39.7 Å². The number of aliphatic hydroxyl groups excluding tert-OH is 1. The molecule has 4 N–H and O–H groups in total. The van der Waals surface area contributed by atoms with Crippen molar-refractivity contribution in [3.8, 4) is 11.4 Å². The number of nitrogens with one attached hydrogen (secondary N) is 2. The molecule has 0 aliphatic carbocycles. The first-order chi connectivity index (χ1) is 19.7. The van der Waals surface area contributed by atoms with Crippen LogP contribution in [0, 0.1) is 0 Å². The Morgan fingerprint density at radius 3 is 2.56 bits per heavy atom. The van der Waals surface area contributed by atoms with Crippen molar-refractivity contribution < 1.29 is 28.3 Å². The average Bonchev–Trinajstić information content (AvgIpc) is 3.31. The third-order valence-electron chi connectivity index (χ3n) is 6.48.